The number of hydrogen-bond acceptors (Lipinski definition) is 4. The number of halogens is 1. The van der Waals surface area contributed by atoms with Crippen LogP contribution >= 0.6 is 11.6 Å². The Bertz CT molecular complexity index is 679. The zero-order chi connectivity index (χ0) is 16.1. The molecule has 2 rings (SSSR count). The Morgan fingerprint density at radius 1 is 1.32 bits per heavy atom. The first kappa shape index (κ1) is 16.0. The fraction of sp³-hybridized carbons (Fsp3) is 0.267. The van der Waals surface area contributed by atoms with Gasteiger partial charge in [-0.15, -0.1) is 0 Å². The molecule has 1 aromatic heterocycles. The number of unbranched alkanes of at least 4 members (excludes halogenated alkanes) is 1. The van der Waals surface area contributed by atoms with E-state index in [1.54, 1.807) is 24.3 Å². The molecule has 116 valence electrons. The van der Waals surface area contributed by atoms with Crippen LogP contribution in [0.1, 0.15) is 46.4 Å². The van der Waals surface area contributed by atoms with Gasteiger partial charge in [0.2, 0.25) is 0 Å². The van der Waals surface area contributed by atoms with E-state index in [1.807, 2.05) is 6.92 Å². The molecule has 0 radical (unpaired) electrons. The Hall–Kier alpha value is -2.34. The minimum atomic E-state index is -1.23. The molecule has 0 bridgehead atoms. The molecule has 2 N–H and O–H groups in total. The van der Waals surface area contributed by atoms with Crippen molar-refractivity contribution in [2.24, 2.45) is 0 Å². The molecule has 0 aliphatic carbocycles. The quantitative estimate of drug-likeness (QED) is 0.847. The number of nitrogens with zero attached hydrogens (tertiary/aromatic N) is 1. The third kappa shape index (κ3) is 3.65. The molecule has 22 heavy (non-hydrogen) atoms. The molecule has 0 aliphatic rings. The lowest BCUT2D eigenvalue weighted by molar-refractivity contribution is 0.0690. The summed E-state index contributed by atoms with van der Waals surface area (Å²) in [7, 11) is 0. The number of aryl methyl sites for hydroxylation is 1. The second kappa shape index (κ2) is 7.09. The Labute approximate surface area is 132 Å². The zero-order valence-electron chi connectivity index (χ0n) is 11.9. The van der Waals surface area contributed by atoms with Gasteiger partial charge in [-0.3, -0.25) is 4.79 Å². The number of carbonyl (C=O) groups is 2. The molecule has 0 spiro atoms. The number of carbonyl (C=O) groups excluding carboxylic acids is 1. The first-order valence-corrected chi connectivity index (χ1v) is 7.19. The highest BCUT2D eigenvalue weighted by Crippen LogP contribution is 2.19. The van der Waals surface area contributed by atoms with Gasteiger partial charge in [-0.1, -0.05) is 30.1 Å². The molecule has 0 saturated heterocycles. The normalized spacial score (nSPS) is 10.5. The predicted molar refractivity (Wildman–Crippen MR) is 81.5 cm³/mol. The van der Waals surface area contributed by atoms with Gasteiger partial charge in [-0.2, -0.15) is 0 Å². The largest absolute Gasteiger partial charge is 0.477 e. The first-order valence-electron chi connectivity index (χ1n) is 6.81. The number of aromatic carboxylic acids is 1. The van der Waals surface area contributed by atoms with E-state index in [0.717, 1.165) is 12.8 Å². The van der Waals surface area contributed by atoms with Crippen molar-refractivity contribution in [3.8, 4) is 0 Å². The van der Waals surface area contributed by atoms with Gasteiger partial charge in [0.1, 0.15) is 5.56 Å². The molecule has 7 heteroatoms. The topological polar surface area (TPSA) is 92.4 Å². The SMILES string of the molecule is CCCCc1onc(C(=O)Nc2ccc(Cl)cc2)c1C(=O)O. The maximum atomic E-state index is 12.2. The fourth-order valence-electron chi connectivity index (χ4n) is 1.93. The molecule has 1 heterocycles. The molecule has 0 unspecified atom stereocenters. The summed E-state index contributed by atoms with van der Waals surface area (Å²) in [6.45, 7) is 1.98. The van der Waals surface area contributed by atoms with E-state index in [-0.39, 0.29) is 17.0 Å². The zero-order valence-corrected chi connectivity index (χ0v) is 12.7. The molecule has 0 aliphatic heterocycles. The minimum Gasteiger partial charge on any atom is -0.477 e. The van der Waals surface area contributed by atoms with E-state index < -0.39 is 11.9 Å². The van der Waals surface area contributed by atoms with Crippen molar-refractivity contribution in [3.63, 3.8) is 0 Å². The summed E-state index contributed by atoms with van der Waals surface area (Å²) in [5.41, 5.74) is 0.0808. The maximum Gasteiger partial charge on any atom is 0.341 e. The van der Waals surface area contributed by atoms with Gasteiger partial charge in [0.05, 0.1) is 0 Å². The monoisotopic (exact) mass is 322 g/mol. The number of carboxylic acid groups (broad SMARTS) is 1. The smallest absolute Gasteiger partial charge is 0.341 e. The number of hydrogen-bond donors (Lipinski definition) is 2. The lowest BCUT2D eigenvalue weighted by Gasteiger charge is -2.03. The van der Waals surface area contributed by atoms with E-state index in [9.17, 15) is 14.7 Å². The lowest BCUT2D eigenvalue weighted by atomic mass is 10.1. The molecule has 0 fully saturated rings. The summed E-state index contributed by atoms with van der Waals surface area (Å²) in [6.07, 6.45) is 2.07. The van der Waals surface area contributed by atoms with E-state index in [2.05, 4.69) is 10.5 Å². The van der Waals surface area contributed by atoms with Gasteiger partial charge in [0.25, 0.3) is 5.91 Å². The van der Waals surface area contributed by atoms with E-state index in [4.69, 9.17) is 16.1 Å². The lowest BCUT2D eigenvalue weighted by Crippen LogP contribution is -2.16. The van der Waals surface area contributed by atoms with Crippen LogP contribution in [0.5, 0.6) is 0 Å². The van der Waals surface area contributed by atoms with Crippen LogP contribution in [-0.2, 0) is 6.42 Å². The molecule has 0 saturated carbocycles. The number of amides is 1. The van der Waals surface area contributed by atoms with Crippen LogP contribution in [0.25, 0.3) is 0 Å². The standard InChI is InChI=1S/C15H15ClN2O4/c1-2-3-4-11-12(15(20)21)13(18-22-11)14(19)17-10-7-5-9(16)6-8-10/h5-8H,2-4H2,1H3,(H,17,19)(H,20,21). The highest BCUT2D eigenvalue weighted by atomic mass is 35.5. The van der Waals surface area contributed by atoms with Crippen molar-refractivity contribution >= 4 is 29.2 Å². The van der Waals surface area contributed by atoms with Gasteiger partial charge in [-0.25, -0.2) is 4.79 Å². The maximum absolute atomic E-state index is 12.2. The average Bonchev–Trinajstić information content (AvgIpc) is 2.91. The molecule has 0 atom stereocenters. The number of benzene rings is 1. The van der Waals surface area contributed by atoms with Crippen molar-refractivity contribution < 1.29 is 19.2 Å². The predicted octanol–water partition coefficient (Wildman–Crippen LogP) is 3.62. The molecule has 6 nitrogen and oxygen atoms in total. The summed E-state index contributed by atoms with van der Waals surface area (Å²) in [4.78, 5) is 23.6. The minimum absolute atomic E-state index is 0.181. The second-order valence-electron chi connectivity index (χ2n) is 4.70. The summed E-state index contributed by atoms with van der Waals surface area (Å²) < 4.78 is 5.02. The van der Waals surface area contributed by atoms with Crippen molar-refractivity contribution in [1.29, 1.82) is 0 Å². The van der Waals surface area contributed by atoms with Gasteiger partial charge in [0, 0.05) is 17.1 Å². The summed E-state index contributed by atoms with van der Waals surface area (Å²) in [5.74, 6) is -1.64. The number of rotatable bonds is 6. The van der Waals surface area contributed by atoms with Crippen LogP contribution < -0.4 is 5.32 Å². The van der Waals surface area contributed by atoms with Crippen molar-refractivity contribution in [2.75, 3.05) is 5.32 Å². The molecule has 1 aromatic carbocycles. The van der Waals surface area contributed by atoms with Crippen molar-refractivity contribution in [1.82, 2.24) is 5.16 Å². The van der Waals surface area contributed by atoms with Crippen molar-refractivity contribution in [3.05, 3.63) is 46.3 Å². The van der Waals surface area contributed by atoms with Gasteiger partial charge in [-0.05, 0) is 30.7 Å². The third-order valence-electron chi connectivity index (χ3n) is 3.05. The molecule has 1 amide bonds. The van der Waals surface area contributed by atoms with Crippen LogP contribution in [-0.4, -0.2) is 22.1 Å². The van der Waals surface area contributed by atoms with Crippen LogP contribution in [0, 0.1) is 0 Å². The first-order chi connectivity index (χ1) is 10.5. The average molecular weight is 323 g/mol. The third-order valence-corrected chi connectivity index (χ3v) is 3.30. The van der Waals surface area contributed by atoms with Crippen LogP contribution in [0.2, 0.25) is 5.02 Å². The molecule has 2 aromatic rings. The Kier molecular flexibility index (Phi) is 5.16. The van der Waals surface area contributed by atoms with Crippen LogP contribution in [0.3, 0.4) is 0 Å². The highest BCUT2D eigenvalue weighted by Gasteiger charge is 2.26. The molecular formula is C15H15ClN2O4. The van der Waals surface area contributed by atoms with Crippen LogP contribution in [0.15, 0.2) is 28.8 Å². The van der Waals surface area contributed by atoms with Gasteiger partial charge >= 0.3 is 5.97 Å². The van der Waals surface area contributed by atoms with Crippen LogP contribution in [0.4, 0.5) is 5.69 Å². The summed E-state index contributed by atoms with van der Waals surface area (Å²) in [6, 6.07) is 6.45. The number of aromatic nitrogens is 1. The number of nitrogens with one attached hydrogen (secondary N) is 1. The Morgan fingerprint density at radius 2 is 2.00 bits per heavy atom. The number of anilines is 1. The summed E-state index contributed by atoms with van der Waals surface area (Å²) in [5, 5.41) is 16.0. The Balaban J connectivity index is 2.23. The van der Waals surface area contributed by atoms with E-state index in [0.29, 0.717) is 17.1 Å². The van der Waals surface area contributed by atoms with E-state index >= 15 is 0 Å². The number of carboxylic acids is 1. The second-order valence-corrected chi connectivity index (χ2v) is 5.14. The highest BCUT2D eigenvalue weighted by molar-refractivity contribution is 6.30. The fourth-order valence-corrected chi connectivity index (χ4v) is 2.06. The van der Waals surface area contributed by atoms with Gasteiger partial charge in [0.15, 0.2) is 11.5 Å². The van der Waals surface area contributed by atoms with Crippen molar-refractivity contribution in [2.45, 2.75) is 26.2 Å². The van der Waals surface area contributed by atoms with E-state index in [1.165, 1.54) is 0 Å². The summed E-state index contributed by atoms with van der Waals surface area (Å²) >= 11 is 5.77. The van der Waals surface area contributed by atoms with Gasteiger partial charge < -0.3 is 14.9 Å². The molecular weight excluding hydrogens is 308 g/mol. The Morgan fingerprint density at radius 3 is 2.59 bits per heavy atom.